The summed E-state index contributed by atoms with van der Waals surface area (Å²) in [5, 5.41) is 3.79. The highest BCUT2D eigenvalue weighted by atomic mass is 16.2. The van der Waals surface area contributed by atoms with Crippen molar-refractivity contribution >= 4 is 22.8 Å². The SMILES string of the molecule is CCCC(=O)N1CCN(CCNc2nc3ccccc3c(=O)[nH]2)CC1. The molecule has 0 aliphatic carbocycles. The van der Waals surface area contributed by atoms with Gasteiger partial charge in [-0.15, -0.1) is 0 Å². The number of nitrogens with one attached hydrogen (secondary N) is 2. The summed E-state index contributed by atoms with van der Waals surface area (Å²) in [6, 6.07) is 7.31. The van der Waals surface area contributed by atoms with E-state index in [0.717, 1.165) is 39.1 Å². The fourth-order valence-corrected chi connectivity index (χ4v) is 3.10. The normalized spacial score (nSPS) is 15.5. The van der Waals surface area contributed by atoms with Gasteiger partial charge < -0.3 is 10.2 Å². The molecule has 0 radical (unpaired) electrons. The van der Waals surface area contributed by atoms with E-state index in [1.165, 1.54) is 0 Å². The maximum absolute atomic E-state index is 12.0. The molecule has 1 aromatic heterocycles. The second kappa shape index (κ2) is 8.11. The van der Waals surface area contributed by atoms with Crippen LogP contribution in [0.4, 0.5) is 5.95 Å². The number of rotatable bonds is 6. The van der Waals surface area contributed by atoms with Crippen molar-refractivity contribution in [2.24, 2.45) is 0 Å². The number of fused-ring (bicyclic) bond motifs is 1. The molecule has 1 aromatic carbocycles. The number of nitrogens with zero attached hydrogens (tertiary/aromatic N) is 3. The molecule has 1 aliphatic rings. The molecule has 1 amide bonds. The van der Waals surface area contributed by atoms with E-state index in [-0.39, 0.29) is 11.5 Å². The van der Waals surface area contributed by atoms with Crippen LogP contribution >= 0.6 is 0 Å². The lowest BCUT2D eigenvalue weighted by molar-refractivity contribution is -0.132. The van der Waals surface area contributed by atoms with E-state index in [4.69, 9.17) is 0 Å². The van der Waals surface area contributed by atoms with Gasteiger partial charge in [0.25, 0.3) is 5.56 Å². The highest BCUT2D eigenvalue weighted by Crippen LogP contribution is 2.08. The number of hydrogen-bond donors (Lipinski definition) is 2. The van der Waals surface area contributed by atoms with Gasteiger partial charge in [-0.25, -0.2) is 4.98 Å². The third-order valence-electron chi connectivity index (χ3n) is 4.52. The molecule has 0 bridgehead atoms. The van der Waals surface area contributed by atoms with Gasteiger partial charge in [0.15, 0.2) is 0 Å². The Morgan fingerprint density at radius 2 is 2.00 bits per heavy atom. The van der Waals surface area contributed by atoms with Crippen LogP contribution in [0.3, 0.4) is 0 Å². The van der Waals surface area contributed by atoms with Crippen molar-refractivity contribution in [1.82, 2.24) is 19.8 Å². The van der Waals surface area contributed by atoms with Crippen molar-refractivity contribution in [3.63, 3.8) is 0 Å². The maximum Gasteiger partial charge on any atom is 0.260 e. The first kappa shape index (κ1) is 17.4. The number of carbonyl (C=O) groups excluding carboxylic acids is 1. The van der Waals surface area contributed by atoms with Crippen molar-refractivity contribution < 1.29 is 4.79 Å². The summed E-state index contributed by atoms with van der Waals surface area (Å²) in [5.41, 5.74) is 0.563. The predicted molar refractivity (Wildman–Crippen MR) is 98.8 cm³/mol. The quantitative estimate of drug-likeness (QED) is 0.826. The molecule has 134 valence electrons. The average molecular weight is 343 g/mol. The van der Waals surface area contributed by atoms with Crippen molar-refractivity contribution in [2.75, 3.05) is 44.6 Å². The summed E-state index contributed by atoms with van der Waals surface area (Å²) >= 11 is 0. The van der Waals surface area contributed by atoms with Crippen molar-refractivity contribution in [3.05, 3.63) is 34.6 Å². The van der Waals surface area contributed by atoms with Gasteiger partial charge in [-0.3, -0.25) is 19.5 Å². The zero-order valence-electron chi connectivity index (χ0n) is 14.6. The number of para-hydroxylation sites is 1. The lowest BCUT2D eigenvalue weighted by Gasteiger charge is -2.34. The van der Waals surface area contributed by atoms with Gasteiger partial charge in [-0.1, -0.05) is 19.1 Å². The predicted octanol–water partition coefficient (Wildman–Crippen LogP) is 1.28. The Kier molecular flexibility index (Phi) is 5.65. The third kappa shape index (κ3) is 4.36. The Morgan fingerprint density at radius 1 is 1.24 bits per heavy atom. The van der Waals surface area contributed by atoms with Gasteiger partial charge >= 0.3 is 0 Å². The number of H-pyrrole nitrogens is 1. The van der Waals surface area contributed by atoms with Crippen LogP contribution in [0.1, 0.15) is 19.8 Å². The molecule has 2 heterocycles. The summed E-state index contributed by atoms with van der Waals surface area (Å²) in [6.07, 6.45) is 1.54. The highest BCUT2D eigenvalue weighted by molar-refractivity contribution is 5.78. The molecule has 0 spiro atoms. The Morgan fingerprint density at radius 3 is 2.76 bits per heavy atom. The second-order valence-corrected chi connectivity index (χ2v) is 6.33. The number of aromatic amines is 1. The molecule has 7 nitrogen and oxygen atoms in total. The zero-order chi connectivity index (χ0) is 17.6. The number of amides is 1. The topological polar surface area (TPSA) is 81.3 Å². The van der Waals surface area contributed by atoms with Crippen LogP contribution < -0.4 is 10.9 Å². The molecular weight excluding hydrogens is 318 g/mol. The van der Waals surface area contributed by atoms with Gasteiger partial charge in [0.2, 0.25) is 11.9 Å². The number of anilines is 1. The molecule has 7 heteroatoms. The summed E-state index contributed by atoms with van der Waals surface area (Å²) in [5.74, 6) is 0.763. The molecule has 2 N–H and O–H groups in total. The summed E-state index contributed by atoms with van der Waals surface area (Å²) < 4.78 is 0. The minimum Gasteiger partial charge on any atom is -0.354 e. The van der Waals surface area contributed by atoms with Crippen molar-refractivity contribution in [2.45, 2.75) is 19.8 Å². The fourth-order valence-electron chi connectivity index (χ4n) is 3.10. The number of aromatic nitrogens is 2. The molecule has 1 fully saturated rings. The first-order chi connectivity index (χ1) is 12.2. The van der Waals surface area contributed by atoms with Crippen LogP contribution in [0.5, 0.6) is 0 Å². The Hall–Kier alpha value is -2.41. The monoisotopic (exact) mass is 343 g/mol. The minimum atomic E-state index is -0.129. The average Bonchev–Trinajstić information content (AvgIpc) is 2.62. The zero-order valence-corrected chi connectivity index (χ0v) is 14.6. The van der Waals surface area contributed by atoms with E-state index < -0.39 is 0 Å². The first-order valence-electron chi connectivity index (χ1n) is 8.90. The number of benzene rings is 1. The standard InChI is InChI=1S/C18H25N5O2/c1-2-5-16(24)23-12-10-22(11-13-23)9-8-19-18-20-15-7-4-3-6-14(15)17(25)21-18/h3-4,6-7H,2,5,8-13H2,1H3,(H2,19,20,21,25). The van der Waals surface area contributed by atoms with Crippen LogP contribution in [0.15, 0.2) is 29.1 Å². The van der Waals surface area contributed by atoms with Crippen LogP contribution in [0.2, 0.25) is 0 Å². The maximum atomic E-state index is 12.0. The molecule has 2 aromatic rings. The van der Waals surface area contributed by atoms with Crippen molar-refractivity contribution in [1.29, 1.82) is 0 Å². The van der Waals surface area contributed by atoms with Crippen LogP contribution in [0, 0.1) is 0 Å². The van der Waals surface area contributed by atoms with Gasteiger partial charge in [0, 0.05) is 45.7 Å². The van der Waals surface area contributed by atoms with Crippen LogP contribution in [-0.4, -0.2) is 64.9 Å². The molecular formula is C18H25N5O2. The van der Waals surface area contributed by atoms with Crippen LogP contribution in [-0.2, 0) is 4.79 Å². The number of carbonyl (C=O) groups is 1. The molecule has 25 heavy (non-hydrogen) atoms. The van der Waals surface area contributed by atoms with E-state index >= 15 is 0 Å². The van der Waals surface area contributed by atoms with Gasteiger partial charge in [0.05, 0.1) is 10.9 Å². The Bertz CT molecular complexity index is 780. The summed E-state index contributed by atoms with van der Waals surface area (Å²) in [7, 11) is 0. The molecule has 3 rings (SSSR count). The van der Waals surface area contributed by atoms with E-state index in [2.05, 4.69) is 20.2 Å². The van der Waals surface area contributed by atoms with Gasteiger partial charge in [0.1, 0.15) is 0 Å². The van der Waals surface area contributed by atoms with Gasteiger partial charge in [-0.2, -0.15) is 0 Å². The summed E-state index contributed by atoms with van der Waals surface area (Å²) in [6.45, 7) is 6.95. The minimum absolute atomic E-state index is 0.129. The van der Waals surface area contributed by atoms with E-state index in [1.54, 1.807) is 6.07 Å². The van der Waals surface area contributed by atoms with E-state index in [9.17, 15) is 9.59 Å². The van der Waals surface area contributed by atoms with Crippen LogP contribution in [0.25, 0.3) is 10.9 Å². The third-order valence-corrected chi connectivity index (χ3v) is 4.52. The number of hydrogen-bond acceptors (Lipinski definition) is 5. The highest BCUT2D eigenvalue weighted by Gasteiger charge is 2.19. The number of piperazine rings is 1. The Labute approximate surface area is 147 Å². The Balaban J connectivity index is 1.48. The summed E-state index contributed by atoms with van der Waals surface area (Å²) in [4.78, 5) is 35.4. The van der Waals surface area contributed by atoms with E-state index in [1.807, 2.05) is 30.0 Å². The fraction of sp³-hybridized carbons (Fsp3) is 0.500. The van der Waals surface area contributed by atoms with E-state index in [0.29, 0.717) is 29.8 Å². The molecule has 0 saturated carbocycles. The lowest BCUT2D eigenvalue weighted by atomic mass is 10.2. The van der Waals surface area contributed by atoms with Gasteiger partial charge in [-0.05, 0) is 18.6 Å². The largest absolute Gasteiger partial charge is 0.354 e. The molecule has 0 atom stereocenters. The molecule has 1 aliphatic heterocycles. The smallest absolute Gasteiger partial charge is 0.260 e. The lowest BCUT2D eigenvalue weighted by Crippen LogP contribution is -2.49. The molecule has 0 unspecified atom stereocenters. The molecule has 1 saturated heterocycles. The second-order valence-electron chi connectivity index (χ2n) is 6.33. The first-order valence-corrected chi connectivity index (χ1v) is 8.90. The van der Waals surface area contributed by atoms with Crippen molar-refractivity contribution in [3.8, 4) is 0 Å².